The second-order valence-electron chi connectivity index (χ2n) is 4.71. The van der Waals surface area contributed by atoms with Crippen LogP contribution in [0.4, 0.5) is 13.2 Å². The van der Waals surface area contributed by atoms with E-state index in [0.29, 0.717) is 10.6 Å². The molecule has 0 aliphatic rings. The molecule has 23 heavy (non-hydrogen) atoms. The standard InChI is InChI=1S/C16H13F3N2OS/c1-10-14(23-11(2)21-10)15(22)20-8-4-6-12-5-3-7-13(9-12)16(17,18)19/h3,5,7,9H,8H2,1-2H3,(H,20,22). The zero-order chi connectivity index (χ0) is 17.0. The molecule has 0 aliphatic heterocycles. The van der Waals surface area contributed by atoms with Crippen molar-refractivity contribution in [3.05, 3.63) is 51.0 Å². The fraction of sp³-hybridized carbons (Fsp3) is 0.250. The van der Waals surface area contributed by atoms with Crippen LogP contribution in [0.3, 0.4) is 0 Å². The first-order valence-electron chi connectivity index (χ1n) is 6.66. The molecule has 3 nitrogen and oxygen atoms in total. The number of hydrogen-bond acceptors (Lipinski definition) is 3. The number of hydrogen-bond donors (Lipinski definition) is 1. The summed E-state index contributed by atoms with van der Waals surface area (Å²) in [4.78, 5) is 16.6. The molecule has 0 unspecified atom stereocenters. The number of benzene rings is 1. The number of alkyl halides is 3. The predicted octanol–water partition coefficient (Wildman–Crippen LogP) is 3.56. The van der Waals surface area contributed by atoms with Crippen LogP contribution in [0.1, 0.15) is 31.5 Å². The van der Waals surface area contributed by atoms with E-state index >= 15 is 0 Å². The Morgan fingerprint density at radius 3 is 2.70 bits per heavy atom. The second kappa shape index (κ2) is 6.84. The normalized spacial score (nSPS) is 10.8. The molecule has 0 atom stereocenters. The lowest BCUT2D eigenvalue weighted by molar-refractivity contribution is -0.137. The van der Waals surface area contributed by atoms with Crippen molar-refractivity contribution in [3.63, 3.8) is 0 Å². The van der Waals surface area contributed by atoms with Gasteiger partial charge in [-0.1, -0.05) is 17.9 Å². The van der Waals surface area contributed by atoms with Gasteiger partial charge in [-0.2, -0.15) is 13.2 Å². The number of aryl methyl sites for hydroxylation is 2. The topological polar surface area (TPSA) is 42.0 Å². The van der Waals surface area contributed by atoms with E-state index in [1.165, 1.54) is 23.5 Å². The lowest BCUT2D eigenvalue weighted by Crippen LogP contribution is -2.23. The molecule has 1 amide bonds. The largest absolute Gasteiger partial charge is 0.416 e. The minimum atomic E-state index is -4.40. The Labute approximate surface area is 135 Å². The first-order chi connectivity index (χ1) is 10.8. The van der Waals surface area contributed by atoms with Gasteiger partial charge in [-0.15, -0.1) is 11.3 Å². The van der Waals surface area contributed by atoms with Crippen molar-refractivity contribution in [3.8, 4) is 11.8 Å². The molecule has 0 aliphatic carbocycles. The molecule has 1 aromatic carbocycles. The third-order valence-electron chi connectivity index (χ3n) is 2.87. The maximum absolute atomic E-state index is 12.6. The van der Waals surface area contributed by atoms with Crippen LogP contribution < -0.4 is 5.32 Å². The molecular weight excluding hydrogens is 325 g/mol. The highest BCUT2D eigenvalue weighted by atomic mass is 32.1. The molecule has 0 saturated heterocycles. The first kappa shape index (κ1) is 17.0. The summed E-state index contributed by atoms with van der Waals surface area (Å²) in [7, 11) is 0. The second-order valence-corrected chi connectivity index (χ2v) is 5.91. The fourth-order valence-electron chi connectivity index (χ4n) is 1.87. The minimum absolute atomic E-state index is 0.0471. The van der Waals surface area contributed by atoms with E-state index in [4.69, 9.17) is 0 Å². The van der Waals surface area contributed by atoms with Crippen LogP contribution in [0.5, 0.6) is 0 Å². The molecule has 120 valence electrons. The third-order valence-corrected chi connectivity index (χ3v) is 3.94. The number of aromatic nitrogens is 1. The van der Waals surface area contributed by atoms with E-state index in [0.717, 1.165) is 17.1 Å². The molecule has 1 heterocycles. The molecule has 0 fully saturated rings. The Kier molecular flexibility index (Phi) is 5.06. The van der Waals surface area contributed by atoms with Crippen molar-refractivity contribution in [2.45, 2.75) is 20.0 Å². The lowest BCUT2D eigenvalue weighted by Gasteiger charge is -2.05. The van der Waals surface area contributed by atoms with Gasteiger partial charge in [-0.25, -0.2) is 4.98 Å². The maximum atomic E-state index is 12.6. The molecule has 0 saturated carbocycles. The van der Waals surface area contributed by atoms with Crippen LogP contribution in [-0.2, 0) is 6.18 Å². The smallest absolute Gasteiger partial charge is 0.340 e. The number of amides is 1. The zero-order valence-electron chi connectivity index (χ0n) is 12.4. The van der Waals surface area contributed by atoms with E-state index in [1.807, 2.05) is 6.92 Å². The van der Waals surface area contributed by atoms with Crippen LogP contribution in [0.25, 0.3) is 0 Å². The summed E-state index contributed by atoms with van der Waals surface area (Å²) in [6, 6.07) is 4.75. The SMILES string of the molecule is Cc1nc(C)c(C(=O)NCC#Cc2cccc(C(F)(F)F)c2)s1. The minimum Gasteiger partial charge on any atom is -0.340 e. The molecule has 7 heteroatoms. The number of nitrogens with zero attached hydrogens (tertiary/aromatic N) is 1. The van der Waals surface area contributed by atoms with Crippen molar-refractivity contribution >= 4 is 17.2 Å². The van der Waals surface area contributed by atoms with Gasteiger partial charge in [0.1, 0.15) is 4.88 Å². The van der Waals surface area contributed by atoms with E-state index in [-0.39, 0.29) is 18.0 Å². The van der Waals surface area contributed by atoms with Crippen molar-refractivity contribution in [1.29, 1.82) is 0 Å². The highest BCUT2D eigenvalue weighted by molar-refractivity contribution is 7.13. The molecule has 0 spiro atoms. The van der Waals surface area contributed by atoms with Crippen molar-refractivity contribution in [2.24, 2.45) is 0 Å². The van der Waals surface area contributed by atoms with Crippen LogP contribution >= 0.6 is 11.3 Å². The first-order valence-corrected chi connectivity index (χ1v) is 7.47. The summed E-state index contributed by atoms with van der Waals surface area (Å²) in [5.41, 5.74) is 0.152. The van der Waals surface area contributed by atoms with E-state index < -0.39 is 11.7 Å². The maximum Gasteiger partial charge on any atom is 0.416 e. The fourth-order valence-corrected chi connectivity index (χ4v) is 2.70. The Morgan fingerprint density at radius 1 is 1.35 bits per heavy atom. The van der Waals surface area contributed by atoms with Crippen LogP contribution in [0, 0.1) is 25.7 Å². The van der Waals surface area contributed by atoms with Gasteiger partial charge in [-0.3, -0.25) is 4.79 Å². The Balaban J connectivity index is 1.99. The number of thiazole rings is 1. The summed E-state index contributed by atoms with van der Waals surface area (Å²) in [6.07, 6.45) is -4.40. The van der Waals surface area contributed by atoms with Gasteiger partial charge >= 0.3 is 6.18 Å². The third kappa shape index (κ3) is 4.57. The summed E-state index contributed by atoms with van der Waals surface area (Å²) in [6.45, 7) is 3.60. The quantitative estimate of drug-likeness (QED) is 0.851. The predicted molar refractivity (Wildman–Crippen MR) is 82.2 cm³/mol. The monoisotopic (exact) mass is 338 g/mol. The average Bonchev–Trinajstić information content (AvgIpc) is 2.82. The Morgan fingerprint density at radius 2 is 2.09 bits per heavy atom. The van der Waals surface area contributed by atoms with Gasteiger partial charge in [0.15, 0.2) is 0 Å². The van der Waals surface area contributed by atoms with Crippen LogP contribution in [0.2, 0.25) is 0 Å². The van der Waals surface area contributed by atoms with Crippen molar-refractivity contribution in [1.82, 2.24) is 10.3 Å². The van der Waals surface area contributed by atoms with Crippen molar-refractivity contribution in [2.75, 3.05) is 6.54 Å². The van der Waals surface area contributed by atoms with Crippen LogP contribution in [-0.4, -0.2) is 17.4 Å². The van der Waals surface area contributed by atoms with E-state index in [2.05, 4.69) is 22.1 Å². The number of nitrogens with one attached hydrogen (secondary N) is 1. The molecule has 2 aromatic rings. The van der Waals surface area contributed by atoms with E-state index in [9.17, 15) is 18.0 Å². The van der Waals surface area contributed by atoms with Crippen molar-refractivity contribution < 1.29 is 18.0 Å². The van der Waals surface area contributed by atoms with Gasteiger partial charge in [0, 0.05) is 5.56 Å². The van der Waals surface area contributed by atoms with E-state index in [1.54, 1.807) is 6.92 Å². The number of carbonyl (C=O) groups is 1. The van der Waals surface area contributed by atoms with Crippen LogP contribution in [0.15, 0.2) is 24.3 Å². The molecular formula is C16H13F3N2OS. The Bertz CT molecular complexity index is 785. The molecule has 1 aromatic heterocycles. The van der Waals surface area contributed by atoms with Gasteiger partial charge in [-0.05, 0) is 32.0 Å². The number of carbonyl (C=O) groups excluding carboxylic acids is 1. The lowest BCUT2D eigenvalue weighted by atomic mass is 10.1. The summed E-state index contributed by atoms with van der Waals surface area (Å²) in [5.74, 6) is 4.96. The summed E-state index contributed by atoms with van der Waals surface area (Å²) in [5, 5.41) is 3.40. The van der Waals surface area contributed by atoms with Gasteiger partial charge in [0.2, 0.25) is 0 Å². The van der Waals surface area contributed by atoms with Gasteiger partial charge < -0.3 is 5.32 Å². The summed E-state index contributed by atoms with van der Waals surface area (Å²) < 4.78 is 37.7. The highest BCUT2D eigenvalue weighted by Crippen LogP contribution is 2.29. The Hall–Kier alpha value is -2.33. The van der Waals surface area contributed by atoms with Gasteiger partial charge in [0.25, 0.3) is 5.91 Å². The summed E-state index contributed by atoms with van der Waals surface area (Å²) >= 11 is 1.29. The average molecular weight is 338 g/mol. The number of halogens is 3. The molecule has 0 radical (unpaired) electrons. The highest BCUT2D eigenvalue weighted by Gasteiger charge is 2.30. The zero-order valence-corrected chi connectivity index (χ0v) is 13.2. The number of rotatable bonds is 2. The molecule has 1 N–H and O–H groups in total. The molecule has 2 rings (SSSR count). The molecule has 0 bridgehead atoms. The van der Waals surface area contributed by atoms with Gasteiger partial charge in [0.05, 0.1) is 22.8 Å².